The molecule has 22 heavy (non-hydrogen) atoms. The van der Waals surface area contributed by atoms with Crippen LogP contribution in [0.2, 0.25) is 10.0 Å². The highest BCUT2D eigenvalue weighted by atomic mass is 35.5. The summed E-state index contributed by atoms with van der Waals surface area (Å²) in [6.45, 7) is 2.98. The van der Waals surface area contributed by atoms with Crippen molar-refractivity contribution in [2.75, 3.05) is 26.2 Å². The van der Waals surface area contributed by atoms with Crippen LogP contribution in [0.3, 0.4) is 0 Å². The Morgan fingerprint density at radius 2 is 1.64 bits per heavy atom. The third kappa shape index (κ3) is 6.13. The van der Waals surface area contributed by atoms with Crippen LogP contribution in [0.25, 0.3) is 0 Å². The average molecular weight is 378 g/mol. The van der Waals surface area contributed by atoms with Crippen molar-refractivity contribution in [1.29, 1.82) is 0 Å². The Kier molecular flexibility index (Phi) is 7.75. The minimum absolute atomic E-state index is 0. The molecule has 1 aromatic carbocycles. The topological polar surface area (TPSA) is 15.3 Å². The van der Waals surface area contributed by atoms with Gasteiger partial charge in [-0.05, 0) is 30.2 Å². The van der Waals surface area contributed by atoms with Gasteiger partial charge in [-0.25, -0.2) is 0 Å². The number of hydrogen-bond acceptors (Lipinski definition) is 2. The van der Waals surface area contributed by atoms with Gasteiger partial charge in [-0.1, -0.05) is 23.2 Å². The normalized spacial score (nSPS) is 17.9. The number of nitrogens with zero attached hydrogens (tertiary/aromatic N) is 1. The molecule has 1 N–H and O–H groups in total. The SMILES string of the molecule is Cl.FC(F)(F)CC[C@H](c1cc(Cl)cc(Cl)c1)N1CCNCC1. The van der Waals surface area contributed by atoms with Crippen molar-refractivity contribution >= 4 is 35.6 Å². The van der Waals surface area contributed by atoms with Gasteiger partial charge in [0.25, 0.3) is 0 Å². The van der Waals surface area contributed by atoms with Gasteiger partial charge in [-0.15, -0.1) is 12.4 Å². The van der Waals surface area contributed by atoms with Gasteiger partial charge in [0.2, 0.25) is 0 Å². The number of piperazine rings is 1. The molecule has 0 unspecified atom stereocenters. The van der Waals surface area contributed by atoms with Gasteiger partial charge >= 0.3 is 6.18 Å². The van der Waals surface area contributed by atoms with E-state index in [1.165, 1.54) is 0 Å². The minimum Gasteiger partial charge on any atom is -0.314 e. The maximum atomic E-state index is 12.6. The summed E-state index contributed by atoms with van der Waals surface area (Å²) in [4.78, 5) is 2.06. The summed E-state index contributed by atoms with van der Waals surface area (Å²) in [5.41, 5.74) is 0.749. The summed E-state index contributed by atoms with van der Waals surface area (Å²) in [5, 5.41) is 4.10. The number of alkyl halides is 3. The first-order valence-electron chi connectivity index (χ1n) is 6.83. The first kappa shape index (κ1) is 19.8. The quantitative estimate of drug-likeness (QED) is 0.818. The summed E-state index contributed by atoms with van der Waals surface area (Å²) in [6.07, 6.45) is -4.96. The van der Waals surface area contributed by atoms with E-state index in [2.05, 4.69) is 10.2 Å². The number of halogens is 6. The molecule has 8 heteroatoms. The van der Waals surface area contributed by atoms with Gasteiger partial charge in [0.05, 0.1) is 0 Å². The predicted octanol–water partition coefficient (Wildman–Crippen LogP) is 4.70. The van der Waals surface area contributed by atoms with Crippen LogP contribution in [0.5, 0.6) is 0 Å². The lowest BCUT2D eigenvalue weighted by molar-refractivity contribution is -0.138. The Morgan fingerprint density at radius 3 is 2.14 bits per heavy atom. The zero-order valence-corrected chi connectivity index (χ0v) is 14.1. The van der Waals surface area contributed by atoms with Crippen LogP contribution in [0.15, 0.2) is 18.2 Å². The molecule has 126 valence electrons. The Morgan fingerprint density at radius 1 is 1.09 bits per heavy atom. The molecule has 1 aliphatic heterocycles. The van der Waals surface area contributed by atoms with Crippen LogP contribution in [-0.4, -0.2) is 37.3 Å². The van der Waals surface area contributed by atoms with Crippen molar-refractivity contribution in [2.24, 2.45) is 0 Å². The molecule has 2 nitrogen and oxygen atoms in total. The Labute approximate surface area is 144 Å². The molecule has 0 spiro atoms. The molecule has 1 fully saturated rings. The van der Waals surface area contributed by atoms with Gasteiger partial charge in [-0.2, -0.15) is 13.2 Å². The first-order valence-corrected chi connectivity index (χ1v) is 7.58. The lowest BCUT2D eigenvalue weighted by Gasteiger charge is -2.35. The van der Waals surface area contributed by atoms with Gasteiger partial charge in [0.15, 0.2) is 0 Å². The maximum absolute atomic E-state index is 12.6. The second kappa shape index (κ2) is 8.60. The van der Waals surface area contributed by atoms with Crippen LogP contribution < -0.4 is 5.32 Å². The predicted molar refractivity (Wildman–Crippen MR) is 86.2 cm³/mol. The molecule has 1 aliphatic rings. The van der Waals surface area contributed by atoms with E-state index in [1.54, 1.807) is 18.2 Å². The number of nitrogens with one attached hydrogen (secondary N) is 1. The van der Waals surface area contributed by atoms with Crippen LogP contribution in [0, 0.1) is 0 Å². The second-order valence-electron chi connectivity index (χ2n) is 5.16. The van der Waals surface area contributed by atoms with Gasteiger partial charge in [0, 0.05) is 48.7 Å². The van der Waals surface area contributed by atoms with Crippen molar-refractivity contribution in [2.45, 2.75) is 25.1 Å². The van der Waals surface area contributed by atoms with Crippen LogP contribution >= 0.6 is 35.6 Å². The summed E-state index contributed by atoms with van der Waals surface area (Å²) in [7, 11) is 0. The molecule has 1 aromatic rings. The molecular weight excluding hydrogens is 360 g/mol. The van der Waals surface area contributed by atoms with Crippen molar-refractivity contribution < 1.29 is 13.2 Å². The Hall–Kier alpha value is -0.200. The smallest absolute Gasteiger partial charge is 0.314 e. The zero-order valence-electron chi connectivity index (χ0n) is 11.8. The summed E-state index contributed by atoms with van der Waals surface area (Å²) < 4.78 is 37.7. The van der Waals surface area contributed by atoms with Gasteiger partial charge in [0.1, 0.15) is 0 Å². The van der Waals surface area contributed by atoms with E-state index in [0.29, 0.717) is 23.1 Å². The van der Waals surface area contributed by atoms with Crippen molar-refractivity contribution in [3.8, 4) is 0 Å². The summed E-state index contributed by atoms with van der Waals surface area (Å²) >= 11 is 12.0. The zero-order chi connectivity index (χ0) is 15.5. The third-order valence-electron chi connectivity index (χ3n) is 3.56. The summed E-state index contributed by atoms with van der Waals surface area (Å²) in [5.74, 6) is 0. The van der Waals surface area contributed by atoms with Gasteiger partial charge < -0.3 is 5.32 Å². The summed E-state index contributed by atoms with van der Waals surface area (Å²) in [6, 6.07) is 4.68. The van der Waals surface area contributed by atoms with Crippen LogP contribution in [-0.2, 0) is 0 Å². The van der Waals surface area contributed by atoms with E-state index >= 15 is 0 Å². The van der Waals surface area contributed by atoms with Gasteiger partial charge in [-0.3, -0.25) is 4.90 Å². The Balaban J connectivity index is 0.00000242. The van der Waals surface area contributed by atoms with Crippen molar-refractivity contribution in [3.63, 3.8) is 0 Å². The monoisotopic (exact) mass is 376 g/mol. The highest BCUT2D eigenvalue weighted by Crippen LogP contribution is 2.34. The largest absolute Gasteiger partial charge is 0.389 e. The third-order valence-corrected chi connectivity index (χ3v) is 4.00. The van der Waals surface area contributed by atoms with Crippen molar-refractivity contribution in [1.82, 2.24) is 10.2 Å². The molecule has 1 saturated heterocycles. The molecule has 0 radical (unpaired) electrons. The highest BCUT2D eigenvalue weighted by molar-refractivity contribution is 6.34. The van der Waals surface area contributed by atoms with E-state index in [1.807, 2.05) is 0 Å². The fourth-order valence-corrected chi connectivity index (χ4v) is 3.16. The molecular formula is C14H18Cl3F3N2. The fourth-order valence-electron chi connectivity index (χ4n) is 2.62. The average Bonchev–Trinajstić information content (AvgIpc) is 2.37. The Bertz CT molecular complexity index is 457. The standard InChI is InChI=1S/C14H17Cl2F3N2.ClH/c15-11-7-10(8-12(16)9-11)13(1-2-14(17,18)19)21-5-3-20-4-6-21;/h7-9,13,20H,1-6H2;1H/t13-;/m1./s1. The molecule has 0 amide bonds. The van der Waals surface area contributed by atoms with E-state index in [4.69, 9.17) is 23.2 Å². The number of rotatable bonds is 4. The lowest BCUT2D eigenvalue weighted by Crippen LogP contribution is -2.45. The first-order chi connectivity index (χ1) is 9.85. The van der Waals surface area contributed by atoms with E-state index < -0.39 is 12.6 Å². The molecule has 0 bridgehead atoms. The highest BCUT2D eigenvalue weighted by Gasteiger charge is 2.31. The maximum Gasteiger partial charge on any atom is 0.389 e. The van der Waals surface area contributed by atoms with Crippen LogP contribution in [0.1, 0.15) is 24.4 Å². The number of hydrogen-bond donors (Lipinski definition) is 1. The molecule has 0 saturated carbocycles. The number of benzene rings is 1. The second-order valence-corrected chi connectivity index (χ2v) is 6.03. The van der Waals surface area contributed by atoms with E-state index in [-0.39, 0.29) is 24.9 Å². The van der Waals surface area contributed by atoms with Crippen molar-refractivity contribution in [3.05, 3.63) is 33.8 Å². The van der Waals surface area contributed by atoms with Crippen LogP contribution in [0.4, 0.5) is 13.2 Å². The fraction of sp³-hybridized carbons (Fsp3) is 0.571. The molecule has 1 heterocycles. The molecule has 1 atom stereocenters. The van der Waals surface area contributed by atoms with E-state index in [9.17, 15) is 13.2 Å². The molecule has 0 aromatic heterocycles. The minimum atomic E-state index is -4.16. The molecule has 0 aliphatic carbocycles. The lowest BCUT2D eigenvalue weighted by atomic mass is 9.99. The molecule has 2 rings (SSSR count). The van der Waals surface area contributed by atoms with E-state index in [0.717, 1.165) is 18.7 Å².